The minimum absolute atomic E-state index is 0.0851. The number of benzene rings is 2. The summed E-state index contributed by atoms with van der Waals surface area (Å²) in [6, 6.07) is 12.7. The molecule has 0 spiro atoms. The number of aryl methyl sites for hydroxylation is 1. The van der Waals surface area contributed by atoms with Crippen molar-refractivity contribution in [2.45, 2.75) is 43.8 Å². The van der Waals surface area contributed by atoms with Crippen molar-refractivity contribution in [3.8, 4) is 0 Å². The Hall–Kier alpha value is -1.77. The van der Waals surface area contributed by atoms with Gasteiger partial charge in [-0.15, -0.1) is 0 Å². The Balaban J connectivity index is 1.93. The number of nitrogens with one attached hydrogen (secondary N) is 1. The monoisotopic (exact) mass is 484 g/mol. The van der Waals surface area contributed by atoms with Gasteiger partial charge in [0.2, 0.25) is 10.0 Å². The molecule has 0 radical (unpaired) electrons. The fourth-order valence-electron chi connectivity index (χ4n) is 3.86. The number of hydrogen-bond acceptors (Lipinski definition) is 6. The number of rotatable bonds is 9. The summed E-state index contributed by atoms with van der Waals surface area (Å²) in [4.78, 5) is 0.204. The standard InChI is InChI=1S/C22H30FN2O5PS/c1-4-29-31(26,30-5-2)22(24-21-9-7-6-8-20(21)23)14-16-25(17-15-22)32(27,28)19-12-10-18(3)11-13-19/h6-13,24H,4-5,14-17H2,1-3H3. The van der Waals surface area contributed by atoms with E-state index in [4.69, 9.17) is 9.05 Å². The largest absolute Gasteiger partial charge is 0.367 e. The highest BCUT2D eigenvalue weighted by Gasteiger charge is 2.54. The molecule has 1 aliphatic rings. The second-order valence-corrected chi connectivity index (χ2v) is 12.0. The van der Waals surface area contributed by atoms with Crippen molar-refractivity contribution in [2.24, 2.45) is 0 Å². The van der Waals surface area contributed by atoms with E-state index in [0.717, 1.165) is 5.56 Å². The van der Waals surface area contributed by atoms with E-state index in [1.165, 1.54) is 10.4 Å². The summed E-state index contributed by atoms with van der Waals surface area (Å²) in [6.45, 7) is 5.76. The molecule has 0 atom stereocenters. The van der Waals surface area contributed by atoms with Crippen molar-refractivity contribution < 1.29 is 26.4 Å². The lowest BCUT2D eigenvalue weighted by Gasteiger charge is -2.45. The predicted molar refractivity (Wildman–Crippen MR) is 123 cm³/mol. The van der Waals surface area contributed by atoms with E-state index >= 15 is 0 Å². The summed E-state index contributed by atoms with van der Waals surface area (Å²) in [5, 5.41) is 1.82. The summed E-state index contributed by atoms with van der Waals surface area (Å²) >= 11 is 0. The average Bonchev–Trinajstić information content (AvgIpc) is 2.76. The zero-order chi connectivity index (χ0) is 23.4. The summed E-state index contributed by atoms with van der Waals surface area (Å²) in [5.41, 5.74) is 1.13. The van der Waals surface area contributed by atoms with E-state index in [9.17, 15) is 17.4 Å². The van der Waals surface area contributed by atoms with Gasteiger partial charge in [0.25, 0.3) is 0 Å². The van der Waals surface area contributed by atoms with Crippen LogP contribution in [0.3, 0.4) is 0 Å². The maximum absolute atomic E-state index is 14.5. The van der Waals surface area contributed by atoms with Crippen LogP contribution in [0.15, 0.2) is 53.4 Å². The zero-order valence-corrected chi connectivity index (χ0v) is 20.3. The van der Waals surface area contributed by atoms with Crippen LogP contribution in [-0.4, -0.2) is 44.3 Å². The molecule has 0 bridgehead atoms. The molecule has 2 aromatic carbocycles. The van der Waals surface area contributed by atoms with Crippen molar-refractivity contribution in [3.63, 3.8) is 0 Å². The Bertz CT molecular complexity index is 1060. The van der Waals surface area contributed by atoms with Gasteiger partial charge in [0.1, 0.15) is 11.1 Å². The molecule has 0 unspecified atom stereocenters. The van der Waals surface area contributed by atoms with Gasteiger partial charge in [-0.3, -0.25) is 4.57 Å². The Morgan fingerprint density at radius 3 is 2.12 bits per heavy atom. The predicted octanol–water partition coefficient (Wildman–Crippen LogP) is 4.99. The van der Waals surface area contributed by atoms with Gasteiger partial charge in [-0.2, -0.15) is 4.31 Å². The first kappa shape index (κ1) is 24.9. The minimum Gasteiger partial charge on any atom is -0.367 e. The Kier molecular flexibility index (Phi) is 7.78. The van der Waals surface area contributed by atoms with Gasteiger partial charge in [-0.1, -0.05) is 29.8 Å². The average molecular weight is 485 g/mol. The molecule has 1 heterocycles. The lowest BCUT2D eigenvalue weighted by atomic mass is 10.1. The third-order valence-corrected chi connectivity index (χ3v) is 10.3. The summed E-state index contributed by atoms with van der Waals surface area (Å²) < 4.78 is 67.2. The number of piperidine rings is 1. The van der Waals surface area contributed by atoms with Crippen LogP contribution in [-0.2, 0) is 23.6 Å². The molecule has 7 nitrogen and oxygen atoms in total. The molecule has 1 fully saturated rings. The first-order chi connectivity index (χ1) is 15.2. The van der Waals surface area contributed by atoms with Gasteiger partial charge >= 0.3 is 7.60 Å². The van der Waals surface area contributed by atoms with Crippen LogP contribution in [0, 0.1) is 12.7 Å². The molecular formula is C22H30FN2O5PS. The third kappa shape index (κ3) is 4.92. The van der Waals surface area contributed by atoms with Gasteiger partial charge < -0.3 is 14.4 Å². The SMILES string of the molecule is CCOP(=O)(OCC)C1(Nc2ccccc2F)CCN(S(=O)(=O)c2ccc(C)cc2)CC1. The van der Waals surface area contributed by atoms with E-state index in [0.29, 0.717) is 0 Å². The van der Waals surface area contributed by atoms with Crippen molar-refractivity contribution in [1.29, 1.82) is 0 Å². The summed E-state index contributed by atoms with van der Waals surface area (Å²) in [7, 11) is -7.49. The molecule has 3 rings (SSSR count). The topological polar surface area (TPSA) is 84.9 Å². The van der Waals surface area contributed by atoms with E-state index in [1.54, 1.807) is 56.3 Å². The van der Waals surface area contributed by atoms with Gasteiger partial charge in [-0.25, -0.2) is 12.8 Å². The van der Waals surface area contributed by atoms with Crippen LogP contribution in [0.2, 0.25) is 0 Å². The molecule has 10 heteroatoms. The van der Waals surface area contributed by atoms with Gasteiger partial charge in [0, 0.05) is 13.1 Å². The fraction of sp³-hybridized carbons (Fsp3) is 0.455. The smallest absolute Gasteiger partial charge is 0.355 e. The maximum Gasteiger partial charge on any atom is 0.355 e. The first-order valence-electron chi connectivity index (χ1n) is 10.7. The maximum atomic E-state index is 14.5. The lowest BCUT2D eigenvalue weighted by molar-refractivity contribution is 0.179. The highest BCUT2D eigenvalue weighted by molar-refractivity contribution is 7.89. The number of anilines is 1. The highest BCUT2D eigenvalue weighted by atomic mass is 32.2. The van der Waals surface area contributed by atoms with E-state index in [1.807, 2.05) is 6.92 Å². The number of nitrogens with zero attached hydrogens (tertiary/aromatic N) is 1. The van der Waals surface area contributed by atoms with Crippen LogP contribution in [0.4, 0.5) is 10.1 Å². The molecule has 0 aliphatic carbocycles. The molecule has 176 valence electrons. The quantitative estimate of drug-likeness (QED) is 0.505. The van der Waals surface area contributed by atoms with Crippen LogP contribution >= 0.6 is 7.60 Å². The van der Waals surface area contributed by atoms with Crippen molar-refractivity contribution in [3.05, 3.63) is 59.9 Å². The third-order valence-electron chi connectivity index (χ3n) is 5.57. The molecule has 1 saturated heterocycles. The summed E-state index contributed by atoms with van der Waals surface area (Å²) in [6.07, 6.45) is 0.257. The minimum atomic E-state index is -3.77. The van der Waals surface area contributed by atoms with E-state index in [-0.39, 0.29) is 49.7 Å². The second-order valence-electron chi connectivity index (χ2n) is 7.69. The molecule has 1 aliphatic heterocycles. The molecule has 0 saturated carbocycles. The van der Waals surface area contributed by atoms with E-state index in [2.05, 4.69) is 5.32 Å². The Labute approximate surface area is 189 Å². The molecule has 1 N–H and O–H groups in total. The number of sulfonamides is 1. The van der Waals surface area contributed by atoms with Gasteiger partial charge in [-0.05, 0) is 57.9 Å². The first-order valence-corrected chi connectivity index (χ1v) is 13.6. The number of hydrogen-bond donors (Lipinski definition) is 1. The Morgan fingerprint density at radius 2 is 1.59 bits per heavy atom. The van der Waals surface area contributed by atoms with Crippen LogP contribution < -0.4 is 5.32 Å². The number of para-hydroxylation sites is 1. The van der Waals surface area contributed by atoms with Crippen molar-refractivity contribution in [2.75, 3.05) is 31.6 Å². The lowest BCUT2D eigenvalue weighted by Crippen LogP contribution is -2.51. The van der Waals surface area contributed by atoms with E-state index < -0.39 is 28.7 Å². The molecular weight excluding hydrogens is 454 g/mol. The fourth-order valence-corrected chi connectivity index (χ4v) is 7.56. The normalized spacial score (nSPS) is 17.2. The zero-order valence-electron chi connectivity index (χ0n) is 18.6. The summed E-state index contributed by atoms with van der Waals surface area (Å²) in [5.74, 6) is -0.499. The van der Waals surface area contributed by atoms with Crippen molar-refractivity contribution >= 4 is 23.3 Å². The van der Waals surface area contributed by atoms with Crippen LogP contribution in [0.25, 0.3) is 0 Å². The van der Waals surface area contributed by atoms with Gasteiger partial charge in [0.05, 0.1) is 23.8 Å². The Morgan fingerprint density at radius 1 is 1.03 bits per heavy atom. The number of halogens is 1. The highest BCUT2D eigenvalue weighted by Crippen LogP contribution is 2.64. The van der Waals surface area contributed by atoms with Gasteiger partial charge in [0.15, 0.2) is 0 Å². The molecule has 0 aromatic heterocycles. The molecule has 2 aromatic rings. The van der Waals surface area contributed by atoms with Crippen molar-refractivity contribution in [1.82, 2.24) is 4.31 Å². The molecule has 0 amide bonds. The van der Waals surface area contributed by atoms with Crippen LogP contribution in [0.5, 0.6) is 0 Å². The molecule has 32 heavy (non-hydrogen) atoms. The van der Waals surface area contributed by atoms with Crippen LogP contribution in [0.1, 0.15) is 32.3 Å². The second kappa shape index (κ2) is 10.0.